The Bertz CT molecular complexity index is 406. The minimum atomic E-state index is -0.148. The van der Waals surface area contributed by atoms with Gasteiger partial charge < -0.3 is 4.90 Å². The monoisotopic (exact) mass is 234 g/mol. The molecule has 1 rings (SSSR count). The fraction of sp³-hybridized carbons (Fsp3) is 0.462. The molecular weight excluding hydrogens is 216 g/mol. The van der Waals surface area contributed by atoms with Crippen LogP contribution in [0, 0.1) is 0 Å². The average Bonchev–Trinajstić information content (AvgIpc) is 2.27. The first-order valence-corrected chi connectivity index (χ1v) is 5.70. The molecule has 0 saturated heterocycles. The molecule has 0 fully saturated rings. The molecule has 0 unspecified atom stereocenters. The van der Waals surface area contributed by atoms with E-state index in [-0.39, 0.29) is 18.0 Å². The van der Waals surface area contributed by atoms with Crippen molar-refractivity contribution in [3.63, 3.8) is 0 Å². The molecule has 17 heavy (non-hydrogen) atoms. The van der Waals surface area contributed by atoms with E-state index in [1.165, 1.54) is 12.4 Å². The highest BCUT2D eigenvalue weighted by Gasteiger charge is 2.23. The predicted molar refractivity (Wildman–Crippen MR) is 66.1 cm³/mol. The molecule has 0 aliphatic rings. The van der Waals surface area contributed by atoms with E-state index >= 15 is 0 Å². The summed E-state index contributed by atoms with van der Waals surface area (Å²) in [5.74, 6) is -0.148. The van der Waals surface area contributed by atoms with Crippen LogP contribution in [0.1, 0.15) is 48.4 Å². The molecule has 0 atom stereocenters. The highest BCUT2D eigenvalue weighted by Crippen LogP contribution is 2.14. The lowest BCUT2D eigenvalue weighted by atomic mass is 10.1. The van der Waals surface area contributed by atoms with Gasteiger partial charge in [-0.2, -0.15) is 0 Å². The van der Waals surface area contributed by atoms with Gasteiger partial charge in [-0.1, -0.05) is 0 Å². The van der Waals surface area contributed by atoms with Gasteiger partial charge in [-0.3, -0.25) is 14.6 Å². The number of rotatable bonds is 4. The summed E-state index contributed by atoms with van der Waals surface area (Å²) in [7, 11) is 0. The van der Waals surface area contributed by atoms with Crippen molar-refractivity contribution in [2.75, 3.05) is 0 Å². The third kappa shape index (κ3) is 2.90. The third-order valence-corrected chi connectivity index (χ3v) is 2.56. The lowest BCUT2D eigenvalue weighted by Crippen LogP contribution is -2.42. The molecule has 0 aromatic carbocycles. The zero-order valence-electron chi connectivity index (χ0n) is 10.7. The van der Waals surface area contributed by atoms with Crippen molar-refractivity contribution in [3.8, 4) is 0 Å². The normalized spacial score (nSPS) is 10.7. The van der Waals surface area contributed by atoms with Crippen molar-refractivity contribution in [2.24, 2.45) is 0 Å². The van der Waals surface area contributed by atoms with Gasteiger partial charge in [0.05, 0.1) is 5.56 Å². The molecule has 0 saturated carbocycles. The van der Waals surface area contributed by atoms with Crippen LogP contribution in [-0.2, 0) is 0 Å². The number of amides is 1. The molecule has 0 bridgehead atoms. The second-order valence-electron chi connectivity index (χ2n) is 4.48. The largest absolute Gasteiger partial charge is 0.334 e. The van der Waals surface area contributed by atoms with Crippen LogP contribution >= 0.6 is 0 Å². The van der Waals surface area contributed by atoms with Crippen molar-refractivity contribution in [2.45, 2.75) is 39.8 Å². The van der Waals surface area contributed by atoms with Crippen LogP contribution in [0.15, 0.2) is 18.5 Å². The van der Waals surface area contributed by atoms with Crippen LogP contribution in [0.25, 0.3) is 0 Å². The van der Waals surface area contributed by atoms with Crippen LogP contribution < -0.4 is 0 Å². The smallest absolute Gasteiger partial charge is 0.256 e. The Morgan fingerprint density at radius 2 is 1.88 bits per heavy atom. The van der Waals surface area contributed by atoms with Crippen molar-refractivity contribution in [3.05, 3.63) is 29.6 Å². The second kappa shape index (κ2) is 5.57. The van der Waals surface area contributed by atoms with E-state index in [1.807, 2.05) is 27.7 Å². The van der Waals surface area contributed by atoms with Crippen LogP contribution in [-0.4, -0.2) is 34.2 Å². The average molecular weight is 234 g/mol. The fourth-order valence-electron chi connectivity index (χ4n) is 1.89. The lowest BCUT2D eigenvalue weighted by Gasteiger charge is -2.31. The van der Waals surface area contributed by atoms with E-state index in [4.69, 9.17) is 0 Å². The molecule has 4 heteroatoms. The highest BCUT2D eigenvalue weighted by molar-refractivity contribution is 6.01. The summed E-state index contributed by atoms with van der Waals surface area (Å²) in [5.41, 5.74) is 0.751. The van der Waals surface area contributed by atoms with Gasteiger partial charge in [-0.25, -0.2) is 0 Å². The zero-order valence-corrected chi connectivity index (χ0v) is 10.7. The summed E-state index contributed by atoms with van der Waals surface area (Å²) in [5, 5.41) is 0. The van der Waals surface area contributed by atoms with E-state index in [0.717, 1.165) is 0 Å². The molecule has 0 spiro atoms. The Balaban J connectivity index is 3.14. The molecular formula is C13H18N2O2. The Hall–Kier alpha value is -1.71. The maximum atomic E-state index is 12.3. The zero-order chi connectivity index (χ0) is 13.0. The maximum Gasteiger partial charge on any atom is 0.256 e. The third-order valence-electron chi connectivity index (χ3n) is 2.56. The van der Waals surface area contributed by atoms with E-state index in [1.54, 1.807) is 11.0 Å². The van der Waals surface area contributed by atoms with Crippen molar-refractivity contribution < 1.29 is 9.59 Å². The van der Waals surface area contributed by atoms with Gasteiger partial charge in [0.25, 0.3) is 5.91 Å². The number of pyridine rings is 1. The van der Waals surface area contributed by atoms with Gasteiger partial charge in [0.2, 0.25) is 0 Å². The first-order valence-electron chi connectivity index (χ1n) is 5.70. The number of hydrogen-bond donors (Lipinski definition) is 0. The highest BCUT2D eigenvalue weighted by atomic mass is 16.2. The number of aldehydes is 1. The minimum absolute atomic E-state index is 0.0854. The minimum Gasteiger partial charge on any atom is -0.334 e. The van der Waals surface area contributed by atoms with Gasteiger partial charge >= 0.3 is 0 Å². The van der Waals surface area contributed by atoms with Gasteiger partial charge in [-0.05, 0) is 33.8 Å². The number of nitrogens with zero attached hydrogens (tertiary/aromatic N) is 2. The Morgan fingerprint density at radius 3 is 2.35 bits per heavy atom. The van der Waals surface area contributed by atoms with Gasteiger partial charge in [0.15, 0.2) is 6.29 Å². The summed E-state index contributed by atoms with van der Waals surface area (Å²) in [6.07, 6.45) is 3.65. The second-order valence-corrected chi connectivity index (χ2v) is 4.48. The summed E-state index contributed by atoms with van der Waals surface area (Å²) in [6.45, 7) is 7.81. The van der Waals surface area contributed by atoms with Crippen molar-refractivity contribution >= 4 is 12.2 Å². The van der Waals surface area contributed by atoms with E-state index in [0.29, 0.717) is 17.4 Å². The number of aromatic nitrogens is 1. The summed E-state index contributed by atoms with van der Waals surface area (Å²) >= 11 is 0. The van der Waals surface area contributed by atoms with Gasteiger partial charge in [0.1, 0.15) is 0 Å². The molecule has 1 aromatic heterocycles. The molecule has 1 aromatic rings. The molecule has 1 amide bonds. The van der Waals surface area contributed by atoms with Crippen molar-refractivity contribution in [1.29, 1.82) is 0 Å². The standard InChI is InChI=1S/C13H18N2O2/c1-9(2)15(10(3)4)13(17)12-7-14-6-5-11(12)8-16/h5-10H,1-4H3. The number of carbonyl (C=O) groups is 2. The number of carbonyl (C=O) groups excluding carboxylic acids is 2. The molecule has 1 heterocycles. The summed E-state index contributed by atoms with van der Waals surface area (Å²) < 4.78 is 0. The van der Waals surface area contributed by atoms with E-state index in [2.05, 4.69) is 4.98 Å². The molecule has 4 nitrogen and oxygen atoms in total. The molecule has 0 radical (unpaired) electrons. The summed E-state index contributed by atoms with van der Waals surface area (Å²) in [4.78, 5) is 28.9. The first-order chi connectivity index (χ1) is 7.99. The molecule has 0 N–H and O–H groups in total. The quantitative estimate of drug-likeness (QED) is 0.750. The lowest BCUT2D eigenvalue weighted by molar-refractivity contribution is 0.0641. The van der Waals surface area contributed by atoms with Gasteiger partial charge in [0, 0.05) is 30.0 Å². The SMILES string of the molecule is CC(C)N(C(=O)c1cnccc1C=O)C(C)C. The van der Waals surface area contributed by atoms with Gasteiger partial charge in [-0.15, -0.1) is 0 Å². The van der Waals surface area contributed by atoms with Crippen LogP contribution in [0.5, 0.6) is 0 Å². The Labute approximate surface area is 102 Å². The Kier molecular flexibility index (Phi) is 4.37. The Morgan fingerprint density at radius 1 is 1.29 bits per heavy atom. The fourth-order valence-corrected chi connectivity index (χ4v) is 1.89. The van der Waals surface area contributed by atoms with E-state index in [9.17, 15) is 9.59 Å². The first kappa shape index (κ1) is 13.4. The van der Waals surface area contributed by atoms with Crippen LogP contribution in [0.3, 0.4) is 0 Å². The molecule has 0 aliphatic carbocycles. The predicted octanol–water partition coefficient (Wildman–Crippen LogP) is 2.15. The van der Waals surface area contributed by atoms with Crippen molar-refractivity contribution in [1.82, 2.24) is 9.88 Å². The number of hydrogen-bond acceptors (Lipinski definition) is 3. The van der Waals surface area contributed by atoms with Crippen LogP contribution in [0.4, 0.5) is 0 Å². The summed E-state index contributed by atoms with van der Waals surface area (Å²) in [6, 6.07) is 1.73. The van der Waals surface area contributed by atoms with Crippen LogP contribution in [0.2, 0.25) is 0 Å². The molecule has 0 aliphatic heterocycles. The molecule has 92 valence electrons. The maximum absolute atomic E-state index is 12.3. The van der Waals surface area contributed by atoms with E-state index < -0.39 is 0 Å². The topological polar surface area (TPSA) is 50.3 Å².